The molecule has 0 saturated heterocycles. The molecular weight excluding hydrogens is 380 g/mol. The summed E-state index contributed by atoms with van der Waals surface area (Å²) in [6.07, 6.45) is 1.00. The number of ketones is 1. The summed E-state index contributed by atoms with van der Waals surface area (Å²) >= 11 is 0. The molecule has 30 heavy (non-hydrogen) atoms. The number of pyridine rings is 1. The first kappa shape index (κ1) is 20.1. The van der Waals surface area contributed by atoms with Crippen molar-refractivity contribution in [2.45, 2.75) is 46.7 Å². The Kier molecular flexibility index (Phi) is 4.84. The third-order valence-electron chi connectivity index (χ3n) is 5.72. The van der Waals surface area contributed by atoms with Crippen molar-refractivity contribution in [2.24, 2.45) is 5.41 Å². The number of fused-ring (bicyclic) bond motifs is 2. The topological polar surface area (TPSA) is 88.1 Å². The zero-order chi connectivity index (χ0) is 21.6. The smallest absolute Gasteiger partial charge is 0.261 e. The van der Waals surface area contributed by atoms with Crippen molar-refractivity contribution in [2.75, 3.05) is 7.05 Å². The Morgan fingerprint density at radius 2 is 1.97 bits per heavy atom. The van der Waals surface area contributed by atoms with Crippen LogP contribution in [0, 0.1) is 5.41 Å². The minimum atomic E-state index is -0.458. The van der Waals surface area contributed by atoms with Gasteiger partial charge in [-0.25, -0.2) is 4.98 Å². The van der Waals surface area contributed by atoms with Gasteiger partial charge in [-0.3, -0.25) is 14.4 Å². The van der Waals surface area contributed by atoms with Crippen LogP contribution in [0.4, 0.5) is 0 Å². The molecule has 2 aromatic heterocycles. The minimum absolute atomic E-state index is 0.0107. The van der Waals surface area contributed by atoms with Crippen molar-refractivity contribution in [3.05, 3.63) is 63.3 Å². The van der Waals surface area contributed by atoms with Crippen molar-refractivity contribution in [3.63, 3.8) is 0 Å². The zero-order valence-electron chi connectivity index (χ0n) is 17.8. The molecule has 7 nitrogen and oxygen atoms in total. The van der Waals surface area contributed by atoms with E-state index < -0.39 is 11.5 Å². The van der Waals surface area contributed by atoms with Gasteiger partial charge in [-0.05, 0) is 37.0 Å². The lowest BCUT2D eigenvalue weighted by Gasteiger charge is -2.30. The van der Waals surface area contributed by atoms with E-state index in [9.17, 15) is 14.4 Å². The number of H-pyrrole nitrogens is 1. The van der Waals surface area contributed by atoms with Gasteiger partial charge in [0.1, 0.15) is 11.4 Å². The molecule has 1 N–H and O–H groups in total. The Morgan fingerprint density at radius 3 is 2.70 bits per heavy atom. The molecule has 3 aromatic rings. The van der Waals surface area contributed by atoms with Crippen LogP contribution in [0.15, 0.2) is 35.1 Å². The number of aromatic nitrogens is 3. The van der Waals surface area contributed by atoms with Crippen LogP contribution in [-0.2, 0) is 19.5 Å². The normalized spacial score (nSPS) is 15.3. The summed E-state index contributed by atoms with van der Waals surface area (Å²) in [7, 11) is 1.64. The van der Waals surface area contributed by atoms with Crippen molar-refractivity contribution in [1.29, 1.82) is 0 Å². The Hall–Kier alpha value is -3.22. The first-order valence-electron chi connectivity index (χ1n) is 10.2. The van der Waals surface area contributed by atoms with Gasteiger partial charge >= 0.3 is 0 Å². The second kappa shape index (κ2) is 7.23. The van der Waals surface area contributed by atoms with Gasteiger partial charge in [-0.1, -0.05) is 26.0 Å². The second-order valence-electron chi connectivity index (χ2n) is 8.77. The predicted octanol–water partition coefficient (Wildman–Crippen LogP) is 3.17. The van der Waals surface area contributed by atoms with Crippen LogP contribution in [0.5, 0.6) is 0 Å². The van der Waals surface area contributed by atoms with Gasteiger partial charge in [-0.15, -0.1) is 0 Å². The van der Waals surface area contributed by atoms with Crippen LogP contribution in [-0.4, -0.2) is 38.2 Å². The van der Waals surface area contributed by atoms with Crippen LogP contribution in [0.1, 0.15) is 59.4 Å². The molecule has 2 heterocycles. The first-order chi connectivity index (χ1) is 14.2. The highest BCUT2D eigenvalue weighted by atomic mass is 16.2. The first-order valence-corrected chi connectivity index (χ1v) is 10.2. The van der Waals surface area contributed by atoms with Crippen LogP contribution in [0.2, 0.25) is 0 Å². The number of carbonyl (C=O) groups excluding carboxylic acids is 2. The molecule has 0 saturated carbocycles. The van der Waals surface area contributed by atoms with Crippen molar-refractivity contribution in [3.8, 4) is 0 Å². The van der Waals surface area contributed by atoms with E-state index in [0.29, 0.717) is 24.1 Å². The molecule has 4 rings (SSSR count). The number of carbonyl (C=O) groups is 2. The summed E-state index contributed by atoms with van der Waals surface area (Å²) in [5.74, 6) is 0.287. The fourth-order valence-corrected chi connectivity index (χ4v) is 4.28. The van der Waals surface area contributed by atoms with Gasteiger partial charge in [0.05, 0.1) is 17.6 Å². The second-order valence-corrected chi connectivity index (χ2v) is 8.77. The van der Waals surface area contributed by atoms with E-state index >= 15 is 0 Å². The summed E-state index contributed by atoms with van der Waals surface area (Å²) in [5.41, 5.74) is 2.28. The summed E-state index contributed by atoms with van der Waals surface area (Å²) in [6.45, 7) is 7.01. The standard InChI is InChI=1S/C23H26N4O3/c1-5-27-18-9-7-6-8-16(18)24-20(27)13-26(4)22(30)15-10-14-17(25-21(15)29)11-23(2,3)12-19(14)28/h6-10H,5,11-13H2,1-4H3,(H,25,29). The maximum absolute atomic E-state index is 13.1. The number of hydrogen-bond acceptors (Lipinski definition) is 4. The largest absolute Gasteiger partial charge is 0.334 e. The fourth-order valence-electron chi connectivity index (χ4n) is 4.28. The van der Waals surface area contributed by atoms with E-state index in [1.165, 1.54) is 11.0 Å². The maximum atomic E-state index is 13.1. The van der Waals surface area contributed by atoms with Gasteiger partial charge < -0.3 is 14.5 Å². The van der Waals surface area contributed by atoms with E-state index in [2.05, 4.69) is 14.5 Å². The molecule has 1 amide bonds. The summed E-state index contributed by atoms with van der Waals surface area (Å²) in [4.78, 5) is 47.2. The molecule has 0 atom stereocenters. The molecule has 7 heteroatoms. The number of aryl methyl sites for hydroxylation is 1. The van der Waals surface area contributed by atoms with E-state index in [-0.39, 0.29) is 23.3 Å². The number of hydrogen-bond donors (Lipinski definition) is 1. The Morgan fingerprint density at radius 1 is 1.23 bits per heavy atom. The number of amides is 1. The van der Waals surface area contributed by atoms with Crippen LogP contribution >= 0.6 is 0 Å². The highest BCUT2D eigenvalue weighted by Crippen LogP contribution is 2.33. The number of aromatic amines is 1. The number of rotatable bonds is 4. The highest BCUT2D eigenvalue weighted by molar-refractivity contribution is 6.02. The minimum Gasteiger partial charge on any atom is -0.334 e. The molecule has 0 aliphatic heterocycles. The number of nitrogens with one attached hydrogen (secondary N) is 1. The third-order valence-corrected chi connectivity index (χ3v) is 5.72. The highest BCUT2D eigenvalue weighted by Gasteiger charge is 2.33. The lowest BCUT2D eigenvalue weighted by molar-refractivity contribution is 0.0778. The maximum Gasteiger partial charge on any atom is 0.261 e. The number of benzene rings is 1. The molecule has 1 aromatic carbocycles. The monoisotopic (exact) mass is 406 g/mol. The predicted molar refractivity (Wildman–Crippen MR) is 115 cm³/mol. The molecule has 0 radical (unpaired) electrons. The average molecular weight is 406 g/mol. The lowest BCUT2D eigenvalue weighted by atomic mass is 9.75. The number of imidazole rings is 1. The summed E-state index contributed by atoms with van der Waals surface area (Å²) in [6, 6.07) is 9.29. The SMILES string of the molecule is CCn1c(CN(C)C(=O)c2cc3c([nH]c2=O)CC(C)(C)CC3=O)nc2ccccc21. The number of para-hydroxylation sites is 2. The molecular formula is C23H26N4O3. The third kappa shape index (κ3) is 3.44. The molecule has 1 aliphatic rings. The molecule has 0 bridgehead atoms. The zero-order valence-corrected chi connectivity index (χ0v) is 17.8. The Labute approximate surface area is 174 Å². The van der Waals surface area contributed by atoms with E-state index in [0.717, 1.165) is 23.4 Å². The lowest BCUT2D eigenvalue weighted by Crippen LogP contribution is -2.35. The van der Waals surface area contributed by atoms with Gasteiger partial charge in [0, 0.05) is 31.3 Å². The summed E-state index contributed by atoms with van der Waals surface area (Å²) < 4.78 is 2.06. The summed E-state index contributed by atoms with van der Waals surface area (Å²) in [5, 5.41) is 0. The molecule has 0 fully saturated rings. The Bertz CT molecular complexity index is 1220. The van der Waals surface area contributed by atoms with E-state index in [1.807, 2.05) is 45.0 Å². The van der Waals surface area contributed by atoms with E-state index in [4.69, 9.17) is 0 Å². The quantitative estimate of drug-likeness (QED) is 0.721. The molecule has 1 aliphatic carbocycles. The van der Waals surface area contributed by atoms with Gasteiger partial charge in [0.2, 0.25) is 0 Å². The number of nitrogens with zero attached hydrogens (tertiary/aromatic N) is 3. The van der Waals surface area contributed by atoms with Crippen molar-refractivity contribution in [1.82, 2.24) is 19.4 Å². The van der Waals surface area contributed by atoms with Crippen molar-refractivity contribution >= 4 is 22.7 Å². The fraction of sp³-hybridized carbons (Fsp3) is 0.391. The molecule has 156 valence electrons. The molecule has 0 unspecified atom stereocenters. The molecule has 0 spiro atoms. The van der Waals surface area contributed by atoms with Gasteiger partial charge in [0.15, 0.2) is 5.78 Å². The van der Waals surface area contributed by atoms with Crippen LogP contribution in [0.25, 0.3) is 11.0 Å². The van der Waals surface area contributed by atoms with Gasteiger partial charge in [-0.2, -0.15) is 0 Å². The number of Topliss-reactive ketones (excluding diaryl/α,β-unsaturated/α-hetero) is 1. The van der Waals surface area contributed by atoms with Crippen molar-refractivity contribution < 1.29 is 9.59 Å². The van der Waals surface area contributed by atoms with Gasteiger partial charge in [0.25, 0.3) is 11.5 Å². The van der Waals surface area contributed by atoms with Crippen LogP contribution in [0.3, 0.4) is 0 Å². The Balaban J connectivity index is 1.65. The van der Waals surface area contributed by atoms with Crippen LogP contribution < -0.4 is 5.56 Å². The van der Waals surface area contributed by atoms with E-state index in [1.54, 1.807) is 7.05 Å². The average Bonchev–Trinajstić information content (AvgIpc) is 3.02.